The first-order valence-electron chi connectivity index (χ1n) is 7.78. The molecule has 2 aromatic heterocycles. The third-order valence-electron chi connectivity index (χ3n) is 3.55. The highest BCUT2D eigenvalue weighted by Gasteiger charge is 2.14. The topological polar surface area (TPSA) is 68.3 Å². The molecule has 0 radical (unpaired) electrons. The van der Waals surface area contributed by atoms with Crippen LogP contribution in [0.3, 0.4) is 0 Å². The molecule has 0 spiro atoms. The lowest BCUT2D eigenvalue weighted by Gasteiger charge is -2.09. The second kappa shape index (κ2) is 7.77. The average molecular weight is 374 g/mol. The monoisotopic (exact) mass is 374 g/mol. The number of thiophene rings is 1. The summed E-state index contributed by atoms with van der Waals surface area (Å²) in [6.45, 7) is 2.62. The van der Waals surface area contributed by atoms with Gasteiger partial charge in [-0.05, 0) is 60.3 Å². The van der Waals surface area contributed by atoms with Crippen molar-refractivity contribution >= 4 is 21.4 Å². The van der Waals surface area contributed by atoms with Crippen molar-refractivity contribution in [3.63, 3.8) is 0 Å². The number of hydrogen-bond acceptors (Lipinski definition) is 5. The fourth-order valence-electron chi connectivity index (χ4n) is 2.30. The van der Waals surface area contributed by atoms with Gasteiger partial charge in [-0.15, -0.1) is 0 Å². The van der Waals surface area contributed by atoms with Crippen LogP contribution >= 0.6 is 11.3 Å². The molecule has 3 rings (SSSR count). The largest absolute Gasteiger partial charge is 0.494 e. The van der Waals surface area contributed by atoms with E-state index in [0.29, 0.717) is 12.4 Å². The molecule has 7 heteroatoms. The minimum Gasteiger partial charge on any atom is -0.494 e. The number of pyridine rings is 1. The first kappa shape index (κ1) is 17.6. The molecule has 0 aliphatic rings. The van der Waals surface area contributed by atoms with Gasteiger partial charge in [0.25, 0.3) is 0 Å². The average Bonchev–Trinajstić information content (AvgIpc) is 3.16. The van der Waals surface area contributed by atoms with Crippen molar-refractivity contribution in [2.45, 2.75) is 18.4 Å². The van der Waals surface area contributed by atoms with Crippen molar-refractivity contribution in [2.24, 2.45) is 0 Å². The summed E-state index contributed by atoms with van der Waals surface area (Å²) >= 11 is 1.60. The quantitative estimate of drug-likeness (QED) is 0.685. The van der Waals surface area contributed by atoms with E-state index in [4.69, 9.17) is 4.74 Å². The lowest BCUT2D eigenvalue weighted by Crippen LogP contribution is -2.23. The number of aromatic nitrogens is 1. The Morgan fingerprint density at radius 2 is 1.96 bits per heavy atom. The van der Waals surface area contributed by atoms with Gasteiger partial charge in [0.05, 0.1) is 17.2 Å². The van der Waals surface area contributed by atoms with Crippen molar-refractivity contribution in [1.82, 2.24) is 9.71 Å². The molecule has 0 saturated carbocycles. The van der Waals surface area contributed by atoms with Crippen LogP contribution in [0.4, 0.5) is 0 Å². The van der Waals surface area contributed by atoms with Gasteiger partial charge in [0.1, 0.15) is 5.75 Å². The van der Waals surface area contributed by atoms with Gasteiger partial charge in [-0.3, -0.25) is 4.98 Å². The fourth-order valence-corrected chi connectivity index (χ4v) is 3.96. The molecule has 0 fully saturated rings. The summed E-state index contributed by atoms with van der Waals surface area (Å²) in [5.41, 5.74) is 2.71. The predicted octanol–water partition coefficient (Wildman–Crippen LogP) is 3.69. The minimum atomic E-state index is -3.58. The number of benzene rings is 1. The highest BCUT2D eigenvalue weighted by Crippen LogP contribution is 2.21. The Bertz CT molecular complexity index is 921. The Labute approximate surface area is 151 Å². The van der Waals surface area contributed by atoms with Gasteiger partial charge in [-0.25, -0.2) is 13.1 Å². The van der Waals surface area contributed by atoms with Gasteiger partial charge in [0.15, 0.2) is 0 Å². The second-order valence-corrected chi connectivity index (χ2v) is 7.84. The summed E-state index contributed by atoms with van der Waals surface area (Å²) < 4.78 is 32.8. The molecule has 1 N–H and O–H groups in total. The van der Waals surface area contributed by atoms with Gasteiger partial charge < -0.3 is 4.74 Å². The number of rotatable bonds is 7. The van der Waals surface area contributed by atoms with Crippen LogP contribution in [-0.2, 0) is 16.6 Å². The first-order valence-corrected chi connectivity index (χ1v) is 10.2. The van der Waals surface area contributed by atoms with Crippen molar-refractivity contribution in [1.29, 1.82) is 0 Å². The number of ether oxygens (including phenoxy) is 1. The zero-order chi connectivity index (χ0) is 17.7. The number of nitrogens with zero attached hydrogens (tertiary/aromatic N) is 1. The standard InChI is InChI=1S/C18H18N2O3S2/c1-2-23-16-3-5-17(6-4-16)25(21,22)20-12-14-7-9-19-18(11-14)15-8-10-24-13-15/h3-11,13,20H,2,12H2,1H3. The summed E-state index contributed by atoms with van der Waals surface area (Å²) in [5.74, 6) is 0.649. The SMILES string of the molecule is CCOc1ccc(S(=O)(=O)NCc2ccnc(-c3ccsc3)c2)cc1. The summed E-state index contributed by atoms with van der Waals surface area (Å²) in [6.07, 6.45) is 1.69. The molecular formula is C18H18N2O3S2. The lowest BCUT2D eigenvalue weighted by molar-refractivity contribution is 0.340. The number of nitrogens with one attached hydrogen (secondary N) is 1. The second-order valence-electron chi connectivity index (χ2n) is 5.29. The maximum absolute atomic E-state index is 12.4. The van der Waals surface area contributed by atoms with E-state index in [2.05, 4.69) is 9.71 Å². The van der Waals surface area contributed by atoms with Crippen molar-refractivity contribution in [3.8, 4) is 17.0 Å². The highest BCUT2D eigenvalue weighted by atomic mass is 32.2. The normalized spacial score (nSPS) is 11.4. The summed E-state index contributed by atoms with van der Waals surface area (Å²) in [4.78, 5) is 4.54. The smallest absolute Gasteiger partial charge is 0.240 e. The van der Waals surface area contributed by atoms with Crippen molar-refractivity contribution < 1.29 is 13.2 Å². The number of sulfonamides is 1. The summed E-state index contributed by atoms with van der Waals surface area (Å²) in [6, 6.07) is 12.1. The van der Waals surface area contributed by atoms with Crippen LogP contribution in [0.15, 0.2) is 64.3 Å². The molecule has 0 saturated heterocycles. The third-order valence-corrected chi connectivity index (χ3v) is 5.65. The van der Waals surface area contributed by atoms with E-state index in [1.54, 1.807) is 35.7 Å². The van der Waals surface area contributed by atoms with Crippen LogP contribution in [0.25, 0.3) is 11.3 Å². The van der Waals surface area contributed by atoms with Crippen LogP contribution in [0, 0.1) is 0 Å². The van der Waals surface area contributed by atoms with Crippen LogP contribution in [0.1, 0.15) is 12.5 Å². The van der Waals surface area contributed by atoms with E-state index in [9.17, 15) is 8.42 Å². The van der Waals surface area contributed by atoms with E-state index in [0.717, 1.165) is 16.8 Å². The van der Waals surface area contributed by atoms with Gasteiger partial charge in [0, 0.05) is 23.7 Å². The Hall–Kier alpha value is -2.22. The van der Waals surface area contributed by atoms with E-state index in [1.807, 2.05) is 29.8 Å². The van der Waals surface area contributed by atoms with Gasteiger partial charge in [-0.1, -0.05) is 0 Å². The Morgan fingerprint density at radius 3 is 2.64 bits per heavy atom. The van der Waals surface area contributed by atoms with Crippen LogP contribution in [-0.4, -0.2) is 20.0 Å². The molecule has 0 bridgehead atoms. The zero-order valence-electron chi connectivity index (χ0n) is 13.7. The highest BCUT2D eigenvalue weighted by molar-refractivity contribution is 7.89. The molecule has 1 aromatic carbocycles. The maximum atomic E-state index is 12.4. The Balaban J connectivity index is 1.71. The molecule has 0 aliphatic carbocycles. The van der Waals surface area contributed by atoms with Gasteiger partial charge in [0.2, 0.25) is 10.0 Å². The molecule has 2 heterocycles. The first-order chi connectivity index (χ1) is 12.1. The lowest BCUT2D eigenvalue weighted by atomic mass is 10.1. The molecule has 0 unspecified atom stereocenters. The fraction of sp³-hybridized carbons (Fsp3) is 0.167. The number of hydrogen-bond donors (Lipinski definition) is 1. The minimum absolute atomic E-state index is 0.204. The molecule has 0 atom stereocenters. The van der Waals surface area contributed by atoms with E-state index in [1.165, 1.54) is 12.1 Å². The Morgan fingerprint density at radius 1 is 1.16 bits per heavy atom. The summed E-state index contributed by atoms with van der Waals surface area (Å²) in [5, 5.41) is 3.99. The van der Waals surface area contributed by atoms with E-state index in [-0.39, 0.29) is 11.4 Å². The molecule has 0 aliphatic heterocycles. The molecule has 5 nitrogen and oxygen atoms in total. The van der Waals surface area contributed by atoms with Gasteiger partial charge >= 0.3 is 0 Å². The van der Waals surface area contributed by atoms with E-state index < -0.39 is 10.0 Å². The maximum Gasteiger partial charge on any atom is 0.240 e. The van der Waals surface area contributed by atoms with Crippen LogP contribution in [0.2, 0.25) is 0 Å². The summed E-state index contributed by atoms with van der Waals surface area (Å²) in [7, 11) is -3.58. The molecule has 0 amide bonds. The van der Waals surface area contributed by atoms with Crippen molar-refractivity contribution in [2.75, 3.05) is 6.61 Å². The Kier molecular flexibility index (Phi) is 5.47. The van der Waals surface area contributed by atoms with Crippen LogP contribution in [0.5, 0.6) is 5.75 Å². The van der Waals surface area contributed by atoms with Crippen LogP contribution < -0.4 is 9.46 Å². The molecule has 3 aromatic rings. The molecular weight excluding hydrogens is 356 g/mol. The third kappa shape index (κ3) is 4.45. The van der Waals surface area contributed by atoms with Gasteiger partial charge in [-0.2, -0.15) is 11.3 Å². The predicted molar refractivity (Wildman–Crippen MR) is 99.2 cm³/mol. The van der Waals surface area contributed by atoms with Crippen molar-refractivity contribution in [3.05, 3.63) is 65.0 Å². The molecule has 25 heavy (non-hydrogen) atoms. The zero-order valence-corrected chi connectivity index (χ0v) is 15.3. The van der Waals surface area contributed by atoms with E-state index >= 15 is 0 Å². The molecule has 130 valence electrons.